The SMILES string of the molecule is COc1ccc(-c2nnc(SCCN3CCCCC3)n2C)cc1. The maximum atomic E-state index is 5.20. The number of rotatable bonds is 6. The third-order valence-electron chi connectivity index (χ3n) is 4.27. The molecule has 1 aromatic heterocycles. The highest BCUT2D eigenvalue weighted by atomic mass is 32.2. The molecule has 1 saturated heterocycles. The molecule has 1 aliphatic heterocycles. The molecule has 0 saturated carbocycles. The molecule has 124 valence electrons. The van der Waals surface area contributed by atoms with Crippen LogP contribution in [0.5, 0.6) is 5.75 Å². The van der Waals surface area contributed by atoms with E-state index < -0.39 is 0 Å². The molecule has 0 amide bonds. The topological polar surface area (TPSA) is 43.2 Å². The number of methoxy groups -OCH3 is 1. The summed E-state index contributed by atoms with van der Waals surface area (Å²) in [5, 5.41) is 9.67. The van der Waals surface area contributed by atoms with E-state index >= 15 is 0 Å². The number of likely N-dealkylation sites (tertiary alicyclic amines) is 1. The third kappa shape index (κ3) is 4.06. The zero-order valence-corrected chi connectivity index (χ0v) is 14.7. The molecule has 0 aliphatic carbocycles. The van der Waals surface area contributed by atoms with E-state index in [0.29, 0.717) is 0 Å². The Balaban J connectivity index is 1.59. The lowest BCUT2D eigenvalue weighted by Gasteiger charge is -2.25. The van der Waals surface area contributed by atoms with Crippen LogP contribution in [0.1, 0.15) is 19.3 Å². The van der Waals surface area contributed by atoms with E-state index in [2.05, 4.69) is 19.7 Å². The van der Waals surface area contributed by atoms with Crippen LogP contribution in [0.15, 0.2) is 29.4 Å². The standard InChI is InChI=1S/C17H24N4OS/c1-20-16(14-6-8-15(22-2)9-7-14)18-19-17(20)23-13-12-21-10-4-3-5-11-21/h6-9H,3-5,10-13H2,1-2H3. The Hall–Kier alpha value is -1.53. The summed E-state index contributed by atoms with van der Waals surface area (Å²) < 4.78 is 7.27. The Bertz CT molecular complexity index is 620. The van der Waals surface area contributed by atoms with E-state index in [1.807, 2.05) is 31.3 Å². The summed E-state index contributed by atoms with van der Waals surface area (Å²) in [5.41, 5.74) is 1.06. The fourth-order valence-corrected chi connectivity index (χ4v) is 3.79. The number of hydrogen-bond donors (Lipinski definition) is 0. The van der Waals surface area contributed by atoms with E-state index in [1.54, 1.807) is 18.9 Å². The maximum absolute atomic E-state index is 5.20. The van der Waals surface area contributed by atoms with Crippen molar-refractivity contribution >= 4 is 11.8 Å². The molecular weight excluding hydrogens is 308 g/mol. The van der Waals surface area contributed by atoms with Gasteiger partial charge >= 0.3 is 0 Å². The van der Waals surface area contributed by atoms with Crippen LogP contribution >= 0.6 is 11.8 Å². The van der Waals surface area contributed by atoms with Crippen LogP contribution in [-0.2, 0) is 7.05 Å². The first kappa shape index (κ1) is 16.3. The fourth-order valence-electron chi connectivity index (χ4n) is 2.88. The van der Waals surface area contributed by atoms with Crippen LogP contribution in [0.4, 0.5) is 0 Å². The monoisotopic (exact) mass is 332 g/mol. The van der Waals surface area contributed by atoms with Crippen molar-refractivity contribution in [2.45, 2.75) is 24.4 Å². The summed E-state index contributed by atoms with van der Waals surface area (Å²) in [5.74, 6) is 2.81. The van der Waals surface area contributed by atoms with Gasteiger partial charge in [0.25, 0.3) is 0 Å². The Labute approximate surface area is 142 Å². The molecule has 3 rings (SSSR count). The Morgan fingerprint density at radius 3 is 2.52 bits per heavy atom. The van der Waals surface area contributed by atoms with Crippen molar-refractivity contribution in [1.82, 2.24) is 19.7 Å². The Morgan fingerprint density at radius 2 is 1.83 bits per heavy atom. The average Bonchev–Trinajstić information content (AvgIpc) is 2.97. The summed E-state index contributed by atoms with van der Waals surface area (Å²) in [6, 6.07) is 7.94. The first-order chi connectivity index (χ1) is 11.3. The molecule has 1 aliphatic rings. The highest BCUT2D eigenvalue weighted by Crippen LogP contribution is 2.24. The van der Waals surface area contributed by atoms with Gasteiger partial charge in [-0.05, 0) is 50.2 Å². The van der Waals surface area contributed by atoms with Gasteiger partial charge in [0.2, 0.25) is 0 Å². The summed E-state index contributed by atoms with van der Waals surface area (Å²) in [6.45, 7) is 3.63. The average molecular weight is 332 g/mol. The highest BCUT2D eigenvalue weighted by Gasteiger charge is 2.13. The van der Waals surface area contributed by atoms with E-state index in [4.69, 9.17) is 4.74 Å². The van der Waals surface area contributed by atoms with Gasteiger partial charge in [-0.25, -0.2) is 0 Å². The normalized spacial score (nSPS) is 15.7. The largest absolute Gasteiger partial charge is 0.497 e. The molecule has 23 heavy (non-hydrogen) atoms. The van der Waals surface area contributed by atoms with E-state index in [9.17, 15) is 0 Å². The highest BCUT2D eigenvalue weighted by molar-refractivity contribution is 7.99. The zero-order chi connectivity index (χ0) is 16.1. The molecular formula is C17H24N4OS. The molecule has 2 heterocycles. The molecule has 1 fully saturated rings. The fraction of sp³-hybridized carbons (Fsp3) is 0.529. The maximum Gasteiger partial charge on any atom is 0.191 e. The van der Waals surface area contributed by atoms with E-state index in [1.165, 1.54) is 32.4 Å². The molecule has 2 aromatic rings. The van der Waals surface area contributed by atoms with E-state index in [-0.39, 0.29) is 0 Å². The summed E-state index contributed by atoms with van der Waals surface area (Å²) in [4.78, 5) is 2.55. The van der Waals surface area contributed by atoms with Gasteiger partial charge in [0, 0.05) is 24.9 Å². The number of hydrogen-bond acceptors (Lipinski definition) is 5. The molecule has 0 spiro atoms. The predicted molar refractivity (Wildman–Crippen MR) is 94.0 cm³/mol. The van der Waals surface area contributed by atoms with Gasteiger partial charge in [0.15, 0.2) is 11.0 Å². The molecule has 1 aromatic carbocycles. The van der Waals surface area contributed by atoms with Gasteiger partial charge in [-0.1, -0.05) is 18.2 Å². The van der Waals surface area contributed by atoms with Gasteiger partial charge in [0.1, 0.15) is 5.75 Å². The van der Waals surface area contributed by atoms with Gasteiger partial charge in [0.05, 0.1) is 7.11 Å². The third-order valence-corrected chi connectivity index (χ3v) is 5.27. The lowest BCUT2D eigenvalue weighted by Crippen LogP contribution is -2.31. The lowest BCUT2D eigenvalue weighted by molar-refractivity contribution is 0.242. The smallest absolute Gasteiger partial charge is 0.191 e. The Morgan fingerprint density at radius 1 is 1.09 bits per heavy atom. The van der Waals surface area contributed by atoms with Crippen LogP contribution in [-0.4, -0.2) is 52.2 Å². The predicted octanol–water partition coefficient (Wildman–Crippen LogP) is 3.07. The minimum atomic E-state index is 0.854. The van der Waals surface area contributed by atoms with Crippen molar-refractivity contribution in [2.75, 3.05) is 32.5 Å². The van der Waals surface area contributed by atoms with Gasteiger partial charge in [-0.3, -0.25) is 0 Å². The van der Waals surface area contributed by atoms with Gasteiger partial charge < -0.3 is 14.2 Å². The Kier molecular flexibility index (Phi) is 5.56. The van der Waals surface area contributed by atoms with Gasteiger partial charge in [-0.15, -0.1) is 10.2 Å². The molecule has 0 atom stereocenters. The number of aromatic nitrogens is 3. The van der Waals surface area contributed by atoms with Crippen molar-refractivity contribution in [1.29, 1.82) is 0 Å². The number of ether oxygens (including phenoxy) is 1. The summed E-state index contributed by atoms with van der Waals surface area (Å²) >= 11 is 1.79. The second kappa shape index (κ2) is 7.84. The summed E-state index contributed by atoms with van der Waals surface area (Å²) in [6.07, 6.45) is 4.07. The van der Waals surface area contributed by atoms with Crippen LogP contribution in [0, 0.1) is 0 Å². The molecule has 0 unspecified atom stereocenters. The quantitative estimate of drug-likeness (QED) is 0.761. The lowest BCUT2D eigenvalue weighted by atomic mass is 10.1. The number of thioether (sulfide) groups is 1. The first-order valence-electron chi connectivity index (χ1n) is 8.17. The van der Waals surface area contributed by atoms with Crippen molar-refractivity contribution in [2.24, 2.45) is 7.05 Å². The van der Waals surface area contributed by atoms with Gasteiger partial charge in [-0.2, -0.15) is 0 Å². The molecule has 0 N–H and O–H groups in total. The van der Waals surface area contributed by atoms with Crippen molar-refractivity contribution in [3.8, 4) is 17.1 Å². The second-order valence-electron chi connectivity index (χ2n) is 5.84. The number of nitrogens with zero attached hydrogens (tertiary/aromatic N) is 4. The van der Waals surface area contributed by atoms with Crippen LogP contribution in [0.3, 0.4) is 0 Å². The van der Waals surface area contributed by atoms with Crippen LogP contribution in [0.25, 0.3) is 11.4 Å². The minimum Gasteiger partial charge on any atom is -0.497 e. The van der Waals surface area contributed by atoms with Crippen molar-refractivity contribution < 1.29 is 4.74 Å². The molecule has 0 bridgehead atoms. The zero-order valence-electron chi connectivity index (χ0n) is 13.9. The number of piperidine rings is 1. The minimum absolute atomic E-state index is 0.854. The molecule has 0 radical (unpaired) electrons. The van der Waals surface area contributed by atoms with Crippen molar-refractivity contribution in [3.05, 3.63) is 24.3 Å². The van der Waals surface area contributed by atoms with E-state index in [0.717, 1.165) is 34.6 Å². The summed E-state index contributed by atoms with van der Waals surface area (Å²) in [7, 11) is 3.71. The van der Waals surface area contributed by atoms with Crippen molar-refractivity contribution in [3.63, 3.8) is 0 Å². The first-order valence-corrected chi connectivity index (χ1v) is 9.15. The second-order valence-corrected chi connectivity index (χ2v) is 6.91. The molecule has 5 nitrogen and oxygen atoms in total. The van der Waals surface area contributed by atoms with Crippen LogP contribution < -0.4 is 4.74 Å². The van der Waals surface area contributed by atoms with Crippen LogP contribution in [0.2, 0.25) is 0 Å². The molecule has 6 heteroatoms. The number of benzene rings is 1.